The molecule has 1 aromatic rings. The van der Waals surface area contributed by atoms with Gasteiger partial charge in [-0.05, 0) is 44.0 Å². The molecule has 0 radical (unpaired) electrons. The van der Waals surface area contributed by atoms with E-state index in [0.29, 0.717) is 6.04 Å². The average Bonchev–Trinajstić information content (AvgIpc) is 2.30. The Morgan fingerprint density at radius 2 is 1.88 bits per heavy atom. The second kappa shape index (κ2) is 6.62. The number of nitrogens with two attached hydrogens (primary N) is 1. The molecule has 0 aliphatic heterocycles. The van der Waals surface area contributed by atoms with Crippen LogP contribution in [-0.4, -0.2) is 26.9 Å². The standard InChI is InChI=1S/C14H23NO2/c1-10-7-14(17-5)11(2)6-13(10)8-15-12(3)9-16-4/h6-7,12,15H,8-9H2,1-5H3/p+1/t12-/m1/s1. The van der Waals surface area contributed by atoms with E-state index in [1.165, 1.54) is 16.7 Å². The maximum atomic E-state index is 5.31. The predicted molar refractivity (Wildman–Crippen MR) is 69.4 cm³/mol. The normalized spacial score (nSPS) is 12.5. The summed E-state index contributed by atoms with van der Waals surface area (Å²) in [5.41, 5.74) is 3.85. The molecule has 0 unspecified atom stereocenters. The molecular formula is C14H24NO2+. The molecular weight excluding hydrogens is 214 g/mol. The van der Waals surface area contributed by atoms with Crippen molar-refractivity contribution in [3.8, 4) is 5.75 Å². The van der Waals surface area contributed by atoms with E-state index in [9.17, 15) is 0 Å². The van der Waals surface area contributed by atoms with Gasteiger partial charge in [-0.3, -0.25) is 0 Å². The monoisotopic (exact) mass is 238 g/mol. The Bertz CT molecular complexity index is 363. The highest BCUT2D eigenvalue weighted by Gasteiger charge is 2.09. The fraction of sp³-hybridized carbons (Fsp3) is 0.571. The lowest BCUT2D eigenvalue weighted by atomic mass is 10.0. The van der Waals surface area contributed by atoms with Gasteiger partial charge in [0.15, 0.2) is 0 Å². The van der Waals surface area contributed by atoms with Gasteiger partial charge in [-0.2, -0.15) is 0 Å². The molecule has 3 nitrogen and oxygen atoms in total. The Hall–Kier alpha value is -1.06. The first kappa shape index (κ1) is 14.0. The Kier molecular flexibility index (Phi) is 5.45. The molecule has 0 saturated carbocycles. The largest absolute Gasteiger partial charge is 0.496 e. The number of hydrogen-bond acceptors (Lipinski definition) is 2. The summed E-state index contributed by atoms with van der Waals surface area (Å²) in [6.07, 6.45) is 0. The zero-order valence-corrected chi connectivity index (χ0v) is 11.5. The molecule has 3 heteroatoms. The van der Waals surface area contributed by atoms with Crippen molar-refractivity contribution in [2.45, 2.75) is 33.4 Å². The van der Waals surface area contributed by atoms with E-state index in [1.54, 1.807) is 14.2 Å². The summed E-state index contributed by atoms with van der Waals surface area (Å²) in [5, 5.41) is 2.30. The van der Waals surface area contributed by atoms with Crippen molar-refractivity contribution in [1.29, 1.82) is 0 Å². The second-order valence-corrected chi connectivity index (χ2v) is 4.62. The molecule has 0 amide bonds. The first-order valence-corrected chi connectivity index (χ1v) is 6.04. The fourth-order valence-corrected chi connectivity index (χ4v) is 1.95. The lowest BCUT2D eigenvalue weighted by Crippen LogP contribution is -2.88. The molecule has 0 spiro atoms. The zero-order chi connectivity index (χ0) is 12.8. The Labute approximate surface area is 104 Å². The summed E-state index contributed by atoms with van der Waals surface area (Å²) < 4.78 is 10.4. The highest BCUT2D eigenvalue weighted by atomic mass is 16.5. The number of rotatable bonds is 6. The van der Waals surface area contributed by atoms with Crippen LogP contribution < -0.4 is 10.1 Å². The van der Waals surface area contributed by atoms with Gasteiger partial charge in [0.05, 0.1) is 13.7 Å². The predicted octanol–water partition coefficient (Wildman–Crippen LogP) is 1.41. The van der Waals surface area contributed by atoms with E-state index in [4.69, 9.17) is 9.47 Å². The molecule has 96 valence electrons. The third-order valence-corrected chi connectivity index (χ3v) is 3.02. The van der Waals surface area contributed by atoms with E-state index in [2.05, 4.69) is 38.2 Å². The first-order chi connectivity index (χ1) is 8.08. The van der Waals surface area contributed by atoms with Gasteiger partial charge < -0.3 is 14.8 Å². The molecule has 2 N–H and O–H groups in total. The van der Waals surface area contributed by atoms with E-state index >= 15 is 0 Å². The van der Waals surface area contributed by atoms with Crippen LogP contribution in [0.3, 0.4) is 0 Å². The van der Waals surface area contributed by atoms with Gasteiger partial charge in [0.1, 0.15) is 18.3 Å². The molecule has 0 aliphatic rings. The van der Waals surface area contributed by atoms with Crippen molar-refractivity contribution in [3.05, 3.63) is 28.8 Å². The van der Waals surface area contributed by atoms with Crippen LogP contribution in [0.4, 0.5) is 0 Å². The molecule has 0 aromatic heterocycles. The molecule has 0 fully saturated rings. The lowest BCUT2D eigenvalue weighted by Gasteiger charge is -2.13. The van der Waals surface area contributed by atoms with Gasteiger partial charge in [-0.15, -0.1) is 0 Å². The summed E-state index contributed by atoms with van der Waals surface area (Å²) in [6.45, 7) is 8.16. The molecule has 1 aromatic carbocycles. The van der Waals surface area contributed by atoms with Gasteiger partial charge in [-0.1, -0.05) is 0 Å². The number of quaternary nitrogens is 1. The average molecular weight is 238 g/mol. The number of ether oxygens (including phenoxy) is 2. The van der Waals surface area contributed by atoms with E-state index in [0.717, 1.165) is 18.9 Å². The van der Waals surface area contributed by atoms with Gasteiger partial charge in [0.2, 0.25) is 0 Å². The third kappa shape index (κ3) is 4.02. The SMILES string of the molecule is COC[C@@H](C)[NH2+]Cc1cc(C)c(OC)cc1C. The van der Waals surface area contributed by atoms with Gasteiger partial charge in [0.25, 0.3) is 0 Å². The minimum atomic E-state index is 0.488. The second-order valence-electron chi connectivity index (χ2n) is 4.62. The van der Waals surface area contributed by atoms with Crippen molar-refractivity contribution in [2.24, 2.45) is 0 Å². The molecule has 1 rings (SSSR count). The van der Waals surface area contributed by atoms with Crippen molar-refractivity contribution in [2.75, 3.05) is 20.8 Å². The number of hydrogen-bond donors (Lipinski definition) is 1. The van der Waals surface area contributed by atoms with E-state index < -0.39 is 0 Å². The fourth-order valence-electron chi connectivity index (χ4n) is 1.95. The zero-order valence-electron chi connectivity index (χ0n) is 11.5. The van der Waals surface area contributed by atoms with Crippen LogP contribution in [0.5, 0.6) is 5.75 Å². The summed E-state index contributed by atoms with van der Waals surface area (Å²) in [5.74, 6) is 0.969. The van der Waals surface area contributed by atoms with Crippen molar-refractivity contribution >= 4 is 0 Å². The van der Waals surface area contributed by atoms with Crippen molar-refractivity contribution in [1.82, 2.24) is 0 Å². The highest BCUT2D eigenvalue weighted by molar-refractivity contribution is 5.41. The Balaban J connectivity index is 2.68. The molecule has 17 heavy (non-hydrogen) atoms. The Morgan fingerprint density at radius 1 is 1.18 bits per heavy atom. The Morgan fingerprint density at radius 3 is 2.47 bits per heavy atom. The van der Waals surface area contributed by atoms with Crippen LogP contribution in [0.2, 0.25) is 0 Å². The van der Waals surface area contributed by atoms with Gasteiger partial charge in [-0.25, -0.2) is 0 Å². The summed E-state index contributed by atoms with van der Waals surface area (Å²) in [4.78, 5) is 0. The minimum absolute atomic E-state index is 0.488. The molecule has 1 atom stereocenters. The number of aryl methyl sites for hydroxylation is 2. The van der Waals surface area contributed by atoms with Crippen LogP contribution in [0.25, 0.3) is 0 Å². The quantitative estimate of drug-likeness (QED) is 0.813. The topological polar surface area (TPSA) is 35.1 Å². The summed E-state index contributed by atoms with van der Waals surface area (Å²) in [7, 11) is 3.46. The van der Waals surface area contributed by atoms with E-state index in [1.807, 2.05) is 0 Å². The molecule has 0 aliphatic carbocycles. The number of methoxy groups -OCH3 is 2. The molecule has 0 saturated heterocycles. The van der Waals surface area contributed by atoms with Gasteiger partial charge >= 0.3 is 0 Å². The molecule has 0 heterocycles. The third-order valence-electron chi connectivity index (χ3n) is 3.02. The summed E-state index contributed by atoms with van der Waals surface area (Å²) in [6, 6.07) is 4.81. The van der Waals surface area contributed by atoms with Crippen molar-refractivity contribution in [3.63, 3.8) is 0 Å². The highest BCUT2D eigenvalue weighted by Crippen LogP contribution is 2.21. The summed E-state index contributed by atoms with van der Waals surface area (Å²) >= 11 is 0. The molecule has 0 bridgehead atoms. The van der Waals surface area contributed by atoms with E-state index in [-0.39, 0.29) is 0 Å². The smallest absolute Gasteiger partial charge is 0.122 e. The van der Waals surface area contributed by atoms with Crippen LogP contribution in [0.1, 0.15) is 23.6 Å². The first-order valence-electron chi connectivity index (χ1n) is 6.04. The maximum absolute atomic E-state index is 5.31. The lowest BCUT2D eigenvalue weighted by molar-refractivity contribution is -0.702. The van der Waals surface area contributed by atoms with Crippen molar-refractivity contribution < 1.29 is 14.8 Å². The van der Waals surface area contributed by atoms with Gasteiger partial charge in [0, 0.05) is 12.7 Å². The van der Waals surface area contributed by atoms with Crippen LogP contribution in [-0.2, 0) is 11.3 Å². The van der Waals surface area contributed by atoms with Crippen LogP contribution in [0, 0.1) is 13.8 Å². The van der Waals surface area contributed by atoms with Crippen LogP contribution >= 0.6 is 0 Å². The maximum Gasteiger partial charge on any atom is 0.122 e. The minimum Gasteiger partial charge on any atom is -0.496 e. The van der Waals surface area contributed by atoms with Crippen LogP contribution in [0.15, 0.2) is 12.1 Å². The number of benzene rings is 1.